The predicted molar refractivity (Wildman–Crippen MR) is 93.9 cm³/mol. The van der Waals surface area contributed by atoms with Gasteiger partial charge in [-0.25, -0.2) is 0 Å². The Morgan fingerprint density at radius 2 is 1.92 bits per heavy atom. The largest absolute Gasteiger partial charge is 0.491 e. The number of nitrogens with zero attached hydrogens (tertiary/aromatic N) is 1. The minimum absolute atomic E-state index is 0.0653. The predicted octanol–water partition coefficient (Wildman–Crippen LogP) is 2.99. The molecule has 0 radical (unpaired) electrons. The summed E-state index contributed by atoms with van der Waals surface area (Å²) >= 11 is 0. The van der Waals surface area contributed by atoms with E-state index in [1.165, 1.54) is 19.4 Å². The zero-order valence-electron chi connectivity index (χ0n) is 14.3. The van der Waals surface area contributed by atoms with Gasteiger partial charge in [0.2, 0.25) is 0 Å². The Balaban J connectivity index is 2.02. The van der Waals surface area contributed by atoms with Crippen LogP contribution in [0.1, 0.15) is 16.1 Å². The standard InChI is InChI=1S/C19H21NO5/c1-22-10-11-24-14-25-18-12-16(20-13-19(18)23-2)8-9-17(21)15-6-4-3-5-7-15/h3-9,12-13H,10-11,14H2,1-2H3. The highest BCUT2D eigenvalue weighted by atomic mass is 16.7. The van der Waals surface area contributed by atoms with E-state index in [0.717, 1.165) is 0 Å². The molecule has 0 N–H and O–H groups in total. The number of benzene rings is 1. The van der Waals surface area contributed by atoms with Crippen molar-refractivity contribution in [2.45, 2.75) is 0 Å². The molecule has 0 amide bonds. The number of ketones is 1. The van der Waals surface area contributed by atoms with Gasteiger partial charge in [-0.05, 0) is 12.2 Å². The van der Waals surface area contributed by atoms with Crippen LogP contribution in [-0.4, -0.2) is 45.0 Å². The van der Waals surface area contributed by atoms with E-state index in [9.17, 15) is 4.79 Å². The summed E-state index contributed by atoms with van der Waals surface area (Å²) in [5, 5.41) is 0. The van der Waals surface area contributed by atoms with Gasteiger partial charge in [0.15, 0.2) is 24.1 Å². The van der Waals surface area contributed by atoms with Gasteiger partial charge in [-0.2, -0.15) is 0 Å². The van der Waals surface area contributed by atoms with Crippen LogP contribution in [0, 0.1) is 0 Å². The lowest BCUT2D eigenvalue weighted by Crippen LogP contribution is -2.08. The first-order valence-electron chi connectivity index (χ1n) is 7.75. The zero-order valence-corrected chi connectivity index (χ0v) is 14.3. The highest BCUT2D eigenvalue weighted by Gasteiger charge is 2.07. The molecule has 1 aromatic carbocycles. The Morgan fingerprint density at radius 3 is 2.64 bits per heavy atom. The number of carbonyl (C=O) groups is 1. The number of ether oxygens (including phenoxy) is 4. The van der Waals surface area contributed by atoms with Crippen molar-refractivity contribution < 1.29 is 23.7 Å². The fraction of sp³-hybridized carbons (Fsp3) is 0.263. The molecule has 6 heteroatoms. The number of methoxy groups -OCH3 is 2. The summed E-state index contributed by atoms with van der Waals surface area (Å²) in [5.41, 5.74) is 1.20. The summed E-state index contributed by atoms with van der Waals surface area (Å²) in [6.07, 6.45) is 4.65. The van der Waals surface area contributed by atoms with Gasteiger partial charge in [-0.15, -0.1) is 0 Å². The Labute approximate surface area is 147 Å². The maximum absolute atomic E-state index is 12.1. The van der Waals surface area contributed by atoms with Crippen molar-refractivity contribution in [1.82, 2.24) is 4.98 Å². The molecular formula is C19H21NO5. The normalized spacial score (nSPS) is 10.8. The van der Waals surface area contributed by atoms with Gasteiger partial charge in [0.05, 0.1) is 32.2 Å². The molecule has 6 nitrogen and oxygen atoms in total. The molecule has 0 aliphatic heterocycles. The second kappa shape index (κ2) is 10.2. The average Bonchev–Trinajstić information content (AvgIpc) is 2.66. The molecule has 2 aromatic rings. The Kier molecular flexibility index (Phi) is 7.62. The van der Waals surface area contributed by atoms with Crippen LogP contribution in [0.2, 0.25) is 0 Å². The Hall–Kier alpha value is -2.70. The molecular weight excluding hydrogens is 322 g/mol. The van der Waals surface area contributed by atoms with Gasteiger partial charge in [-0.1, -0.05) is 30.3 Å². The third-order valence-electron chi connectivity index (χ3n) is 3.27. The number of aromatic nitrogens is 1. The van der Waals surface area contributed by atoms with Crippen LogP contribution in [0.5, 0.6) is 11.5 Å². The first-order valence-corrected chi connectivity index (χ1v) is 7.75. The number of hydrogen-bond donors (Lipinski definition) is 0. The quantitative estimate of drug-likeness (QED) is 0.286. The van der Waals surface area contributed by atoms with Gasteiger partial charge in [-0.3, -0.25) is 9.78 Å². The lowest BCUT2D eigenvalue weighted by Gasteiger charge is -2.11. The van der Waals surface area contributed by atoms with Crippen LogP contribution in [0.3, 0.4) is 0 Å². The van der Waals surface area contributed by atoms with E-state index in [1.54, 1.807) is 31.4 Å². The van der Waals surface area contributed by atoms with E-state index in [2.05, 4.69) is 4.98 Å². The minimum atomic E-state index is -0.0939. The molecule has 0 unspecified atom stereocenters. The van der Waals surface area contributed by atoms with E-state index >= 15 is 0 Å². The molecule has 0 saturated heterocycles. The maximum atomic E-state index is 12.1. The smallest absolute Gasteiger partial charge is 0.189 e. The van der Waals surface area contributed by atoms with Gasteiger partial charge >= 0.3 is 0 Å². The molecule has 0 aliphatic rings. The van der Waals surface area contributed by atoms with Gasteiger partial charge in [0.1, 0.15) is 0 Å². The summed E-state index contributed by atoms with van der Waals surface area (Å²) in [6.45, 7) is 0.991. The fourth-order valence-electron chi connectivity index (χ4n) is 1.96. The van der Waals surface area contributed by atoms with Crippen molar-refractivity contribution >= 4 is 11.9 Å². The van der Waals surface area contributed by atoms with Crippen molar-refractivity contribution in [3.8, 4) is 11.5 Å². The second-order valence-electron chi connectivity index (χ2n) is 4.99. The molecule has 0 bridgehead atoms. The van der Waals surface area contributed by atoms with E-state index in [4.69, 9.17) is 18.9 Å². The maximum Gasteiger partial charge on any atom is 0.189 e. The summed E-state index contributed by atoms with van der Waals surface area (Å²) in [5.74, 6) is 0.882. The van der Waals surface area contributed by atoms with Crippen LogP contribution >= 0.6 is 0 Å². The number of rotatable bonds is 10. The minimum Gasteiger partial charge on any atom is -0.491 e. The van der Waals surface area contributed by atoms with Crippen LogP contribution in [0.25, 0.3) is 6.08 Å². The SMILES string of the molecule is COCCOCOc1cc(C=CC(=O)c2ccccc2)ncc1OC. The summed E-state index contributed by atoms with van der Waals surface area (Å²) < 4.78 is 20.9. The first kappa shape index (κ1) is 18.6. The lowest BCUT2D eigenvalue weighted by molar-refractivity contribution is -0.00950. The lowest BCUT2D eigenvalue weighted by atomic mass is 10.1. The monoisotopic (exact) mass is 343 g/mol. The summed E-state index contributed by atoms with van der Waals surface area (Å²) in [7, 11) is 3.13. The molecule has 25 heavy (non-hydrogen) atoms. The van der Waals surface area contributed by atoms with E-state index < -0.39 is 0 Å². The molecule has 0 spiro atoms. The third-order valence-corrected chi connectivity index (χ3v) is 3.27. The van der Waals surface area contributed by atoms with E-state index in [0.29, 0.717) is 36.0 Å². The first-order chi connectivity index (χ1) is 12.2. The second-order valence-corrected chi connectivity index (χ2v) is 4.99. The summed E-state index contributed by atoms with van der Waals surface area (Å²) in [6, 6.07) is 10.7. The molecule has 0 fully saturated rings. The van der Waals surface area contributed by atoms with Crippen molar-refractivity contribution in [3.05, 3.63) is 59.9 Å². The van der Waals surface area contributed by atoms with Crippen LogP contribution in [0.4, 0.5) is 0 Å². The Morgan fingerprint density at radius 1 is 1.12 bits per heavy atom. The van der Waals surface area contributed by atoms with Gasteiger partial charge in [0.25, 0.3) is 0 Å². The topological polar surface area (TPSA) is 66.9 Å². The number of hydrogen-bond acceptors (Lipinski definition) is 6. The molecule has 0 atom stereocenters. The van der Waals surface area contributed by atoms with Crippen LogP contribution in [0.15, 0.2) is 48.7 Å². The van der Waals surface area contributed by atoms with Crippen molar-refractivity contribution in [2.24, 2.45) is 0 Å². The molecule has 0 saturated carbocycles. The molecule has 132 valence electrons. The molecule has 1 heterocycles. The third kappa shape index (κ3) is 6.02. The van der Waals surface area contributed by atoms with Crippen molar-refractivity contribution in [2.75, 3.05) is 34.2 Å². The number of carbonyl (C=O) groups excluding carboxylic acids is 1. The van der Waals surface area contributed by atoms with Crippen LogP contribution in [-0.2, 0) is 9.47 Å². The van der Waals surface area contributed by atoms with Gasteiger partial charge < -0.3 is 18.9 Å². The highest BCUT2D eigenvalue weighted by Crippen LogP contribution is 2.27. The molecule has 0 aliphatic carbocycles. The van der Waals surface area contributed by atoms with Crippen molar-refractivity contribution in [3.63, 3.8) is 0 Å². The zero-order chi connectivity index (χ0) is 17.9. The molecule has 2 rings (SSSR count). The van der Waals surface area contributed by atoms with E-state index in [-0.39, 0.29) is 12.6 Å². The Bertz CT molecular complexity index is 700. The number of allylic oxidation sites excluding steroid dienone is 1. The van der Waals surface area contributed by atoms with E-state index in [1.807, 2.05) is 18.2 Å². The van der Waals surface area contributed by atoms with Crippen LogP contribution < -0.4 is 9.47 Å². The van der Waals surface area contributed by atoms with Crippen molar-refractivity contribution in [1.29, 1.82) is 0 Å². The number of pyridine rings is 1. The van der Waals surface area contributed by atoms with Gasteiger partial charge in [0, 0.05) is 18.7 Å². The highest BCUT2D eigenvalue weighted by molar-refractivity contribution is 6.06. The molecule has 1 aromatic heterocycles. The summed E-state index contributed by atoms with van der Waals surface area (Å²) in [4.78, 5) is 16.3. The average molecular weight is 343 g/mol. The fourth-order valence-corrected chi connectivity index (χ4v) is 1.96.